The Bertz CT molecular complexity index is 414. The molecule has 6 heteroatoms. The standard InChI is InChI=1S/C11H17FN4O/c1-7-9(12)10(15-6-14-7)13-5-8(17)16-11(2,3)4/h6H,5H2,1-4H3,(H,16,17)(H,13,14,15). The number of rotatable bonds is 3. The molecule has 0 aliphatic rings. The molecular weight excluding hydrogens is 223 g/mol. The molecule has 0 aliphatic heterocycles. The molecule has 5 nitrogen and oxygen atoms in total. The summed E-state index contributed by atoms with van der Waals surface area (Å²) >= 11 is 0. The average Bonchev–Trinajstić information content (AvgIpc) is 2.18. The van der Waals surface area contributed by atoms with E-state index in [4.69, 9.17) is 0 Å². The first-order valence-electron chi connectivity index (χ1n) is 5.31. The highest BCUT2D eigenvalue weighted by Gasteiger charge is 2.14. The first kappa shape index (κ1) is 13.3. The van der Waals surface area contributed by atoms with Crippen LogP contribution in [0.3, 0.4) is 0 Å². The molecule has 0 aliphatic carbocycles. The van der Waals surface area contributed by atoms with Crippen molar-refractivity contribution < 1.29 is 9.18 Å². The van der Waals surface area contributed by atoms with Gasteiger partial charge in [0.05, 0.1) is 12.2 Å². The van der Waals surface area contributed by atoms with Gasteiger partial charge in [0.25, 0.3) is 0 Å². The van der Waals surface area contributed by atoms with Crippen molar-refractivity contribution in [2.75, 3.05) is 11.9 Å². The summed E-state index contributed by atoms with van der Waals surface area (Å²) in [5.41, 5.74) is -0.0578. The summed E-state index contributed by atoms with van der Waals surface area (Å²) < 4.78 is 13.5. The van der Waals surface area contributed by atoms with Crippen LogP contribution in [0, 0.1) is 12.7 Å². The summed E-state index contributed by atoms with van der Waals surface area (Å²) in [7, 11) is 0. The molecule has 0 atom stereocenters. The number of amides is 1. The Hall–Kier alpha value is -1.72. The van der Waals surface area contributed by atoms with E-state index < -0.39 is 5.82 Å². The predicted octanol–water partition coefficient (Wildman–Crippen LogP) is 1.25. The van der Waals surface area contributed by atoms with Crippen LogP contribution in [0.2, 0.25) is 0 Å². The van der Waals surface area contributed by atoms with Crippen molar-refractivity contribution in [1.82, 2.24) is 15.3 Å². The van der Waals surface area contributed by atoms with Gasteiger partial charge in [0.2, 0.25) is 5.91 Å². The van der Waals surface area contributed by atoms with Gasteiger partial charge in [0, 0.05) is 5.54 Å². The zero-order valence-electron chi connectivity index (χ0n) is 10.5. The van der Waals surface area contributed by atoms with Gasteiger partial charge in [-0.3, -0.25) is 4.79 Å². The van der Waals surface area contributed by atoms with Crippen LogP contribution >= 0.6 is 0 Å². The number of aromatic nitrogens is 2. The second kappa shape index (κ2) is 5.07. The highest BCUT2D eigenvalue weighted by atomic mass is 19.1. The van der Waals surface area contributed by atoms with Crippen LogP contribution in [0.25, 0.3) is 0 Å². The minimum absolute atomic E-state index is 0.0232. The van der Waals surface area contributed by atoms with E-state index in [9.17, 15) is 9.18 Å². The molecule has 0 radical (unpaired) electrons. The molecule has 1 rings (SSSR count). The fourth-order valence-corrected chi connectivity index (χ4v) is 1.21. The lowest BCUT2D eigenvalue weighted by Gasteiger charge is -2.20. The molecule has 0 aromatic carbocycles. The topological polar surface area (TPSA) is 66.9 Å². The van der Waals surface area contributed by atoms with Gasteiger partial charge < -0.3 is 10.6 Å². The number of halogens is 1. The molecule has 2 N–H and O–H groups in total. The van der Waals surface area contributed by atoms with Crippen molar-refractivity contribution in [3.8, 4) is 0 Å². The number of hydrogen-bond donors (Lipinski definition) is 2. The SMILES string of the molecule is Cc1ncnc(NCC(=O)NC(C)(C)C)c1F. The Morgan fingerprint density at radius 2 is 2.06 bits per heavy atom. The molecule has 94 valence electrons. The minimum Gasteiger partial charge on any atom is -0.358 e. The van der Waals surface area contributed by atoms with Gasteiger partial charge in [-0.2, -0.15) is 0 Å². The molecule has 1 aromatic heterocycles. The zero-order chi connectivity index (χ0) is 13.1. The Morgan fingerprint density at radius 1 is 1.41 bits per heavy atom. The monoisotopic (exact) mass is 240 g/mol. The fraction of sp³-hybridized carbons (Fsp3) is 0.545. The molecule has 1 heterocycles. The molecule has 1 amide bonds. The molecule has 0 fully saturated rings. The third-order valence-electron chi connectivity index (χ3n) is 1.89. The van der Waals surface area contributed by atoms with Gasteiger partial charge in [0.1, 0.15) is 6.33 Å². The molecule has 0 saturated heterocycles. The van der Waals surface area contributed by atoms with E-state index in [0.717, 1.165) is 0 Å². The summed E-state index contributed by atoms with van der Waals surface area (Å²) in [5.74, 6) is -0.703. The van der Waals surface area contributed by atoms with E-state index in [-0.39, 0.29) is 29.5 Å². The average molecular weight is 240 g/mol. The predicted molar refractivity (Wildman–Crippen MR) is 63.1 cm³/mol. The van der Waals surface area contributed by atoms with Crippen LogP contribution < -0.4 is 10.6 Å². The number of nitrogens with one attached hydrogen (secondary N) is 2. The van der Waals surface area contributed by atoms with E-state index in [1.54, 1.807) is 0 Å². The van der Waals surface area contributed by atoms with Crippen molar-refractivity contribution in [2.24, 2.45) is 0 Å². The van der Waals surface area contributed by atoms with Crippen LogP contribution in [0.15, 0.2) is 6.33 Å². The van der Waals surface area contributed by atoms with E-state index in [1.807, 2.05) is 20.8 Å². The normalized spacial score (nSPS) is 11.1. The summed E-state index contributed by atoms with van der Waals surface area (Å²) in [4.78, 5) is 18.9. The Kier molecular flexibility index (Phi) is 3.98. The highest BCUT2D eigenvalue weighted by molar-refractivity contribution is 5.81. The van der Waals surface area contributed by atoms with Crippen molar-refractivity contribution in [2.45, 2.75) is 33.2 Å². The van der Waals surface area contributed by atoms with Crippen LogP contribution in [-0.4, -0.2) is 28.0 Å². The van der Waals surface area contributed by atoms with Gasteiger partial charge >= 0.3 is 0 Å². The van der Waals surface area contributed by atoms with Crippen molar-refractivity contribution in [3.05, 3.63) is 17.8 Å². The van der Waals surface area contributed by atoms with Crippen molar-refractivity contribution >= 4 is 11.7 Å². The molecular formula is C11H17FN4O. The third kappa shape index (κ3) is 4.34. The van der Waals surface area contributed by atoms with E-state index in [0.29, 0.717) is 0 Å². The van der Waals surface area contributed by atoms with Crippen LogP contribution in [0.5, 0.6) is 0 Å². The van der Waals surface area contributed by atoms with Crippen LogP contribution in [-0.2, 0) is 4.79 Å². The van der Waals surface area contributed by atoms with Crippen molar-refractivity contribution in [3.63, 3.8) is 0 Å². The van der Waals surface area contributed by atoms with Crippen LogP contribution in [0.1, 0.15) is 26.5 Å². The minimum atomic E-state index is -0.531. The van der Waals surface area contributed by atoms with E-state index in [2.05, 4.69) is 20.6 Å². The molecule has 0 unspecified atom stereocenters. The molecule has 0 bridgehead atoms. The number of anilines is 1. The largest absolute Gasteiger partial charge is 0.358 e. The van der Waals surface area contributed by atoms with E-state index >= 15 is 0 Å². The maximum atomic E-state index is 13.5. The Morgan fingerprint density at radius 3 is 2.65 bits per heavy atom. The summed E-state index contributed by atoms with van der Waals surface area (Å²) in [6, 6.07) is 0. The summed E-state index contributed by atoms with van der Waals surface area (Å²) in [5, 5.41) is 5.39. The maximum Gasteiger partial charge on any atom is 0.239 e. The quantitative estimate of drug-likeness (QED) is 0.834. The Labute approximate surface area is 99.9 Å². The highest BCUT2D eigenvalue weighted by Crippen LogP contribution is 2.10. The van der Waals surface area contributed by atoms with Crippen molar-refractivity contribution in [1.29, 1.82) is 0 Å². The molecule has 1 aromatic rings. The number of nitrogens with zero attached hydrogens (tertiary/aromatic N) is 2. The number of carbonyl (C=O) groups excluding carboxylic acids is 1. The summed E-state index contributed by atoms with van der Waals surface area (Å²) in [6.07, 6.45) is 1.25. The van der Waals surface area contributed by atoms with Gasteiger partial charge in [-0.15, -0.1) is 0 Å². The van der Waals surface area contributed by atoms with E-state index in [1.165, 1.54) is 13.3 Å². The molecule has 17 heavy (non-hydrogen) atoms. The van der Waals surface area contributed by atoms with Gasteiger partial charge in [-0.25, -0.2) is 14.4 Å². The lowest BCUT2D eigenvalue weighted by Crippen LogP contribution is -2.43. The lowest BCUT2D eigenvalue weighted by molar-refractivity contribution is -0.120. The van der Waals surface area contributed by atoms with Crippen LogP contribution in [0.4, 0.5) is 10.2 Å². The third-order valence-corrected chi connectivity index (χ3v) is 1.89. The number of hydrogen-bond acceptors (Lipinski definition) is 4. The smallest absolute Gasteiger partial charge is 0.239 e. The number of carbonyl (C=O) groups is 1. The zero-order valence-corrected chi connectivity index (χ0v) is 10.5. The maximum absolute atomic E-state index is 13.5. The Balaban J connectivity index is 2.56. The van der Waals surface area contributed by atoms with Gasteiger partial charge in [-0.05, 0) is 27.7 Å². The fourth-order valence-electron chi connectivity index (χ4n) is 1.21. The molecule has 0 saturated carbocycles. The molecule has 0 spiro atoms. The second-order valence-corrected chi connectivity index (χ2v) is 4.77. The summed E-state index contributed by atoms with van der Waals surface area (Å²) in [6.45, 7) is 7.14. The number of aryl methyl sites for hydroxylation is 1. The van der Waals surface area contributed by atoms with Gasteiger partial charge in [0.15, 0.2) is 11.6 Å². The first-order chi connectivity index (χ1) is 7.79. The lowest BCUT2D eigenvalue weighted by atomic mass is 10.1. The first-order valence-corrected chi connectivity index (χ1v) is 5.31. The van der Waals surface area contributed by atoms with Gasteiger partial charge in [-0.1, -0.05) is 0 Å². The second-order valence-electron chi connectivity index (χ2n) is 4.77.